The molecule has 1 aromatic heterocycles. The van der Waals surface area contributed by atoms with Crippen LogP contribution in [0.25, 0.3) is 10.9 Å². The molecule has 0 radical (unpaired) electrons. The predicted octanol–water partition coefficient (Wildman–Crippen LogP) is 4.03. The molecule has 1 saturated carbocycles. The molecule has 0 amide bonds. The first-order valence-electron chi connectivity index (χ1n) is 27.9. The number of anilines is 1. The van der Waals surface area contributed by atoms with E-state index in [2.05, 4.69) is 10.6 Å². The van der Waals surface area contributed by atoms with E-state index in [9.17, 15) is 44.7 Å². The number of likely N-dealkylation sites (N-methyl/N-ethyl adjacent to an activating group) is 2. The molecule has 22 nitrogen and oxygen atoms in total. The molecule has 24 heteroatoms. The molecular weight excluding hydrogens is 1160 g/mol. The van der Waals surface area contributed by atoms with Gasteiger partial charge < -0.3 is 88.4 Å². The van der Waals surface area contributed by atoms with Crippen molar-refractivity contribution in [2.45, 2.75) is 195 Å². The molecule has 6 rings (SSSR count). The van der Waals surface area contributed by atoms with Gasteiger partial charge in [-0.05, 0) is 136 Å². The summed E-state index contributed by atoms with van der Waals surface area (Å²) in [6, 6.07) is 1.70. The number of methoxy groups -OCH3 is 1. The van der Waals surface area contributed by atoms with Gasteiger partial charge in [0.05, 0.1) is 66.8 Å². The lowest BCUT2D eigenvalue weighted by molar-refractivity contribution is -0.318. The molecule has 4 fully saturated rings. The highest BCUT2D eigenvalue weighted by Gasteiger charge is 2.54. The summed E-state index contributed by atoms with van der Waals surface area (Å²) in [7, 11) is 7.02. The van der Waals surface area contributed by atoms with Crippen LogP contribution in [0.2, 0.25) is 0 Å². The van der Waals surface area contributed by atoms with E-state index < -0.39 is 123 Å². The third-order valence-corrected chi connectivity index (χ3v) is 18.1. The second-order valence-corrected chi connectivity index (χ2v) is 24.9. The number of alkyl halides is 1. The summed E-state index contributed by atoms with van der Waals surface area (Å²) in [5, 5.41) is 63.4. The molecule has 0 spiro atoms. The van der Waals surface area contributed by atoms with E-state index in [-0.39, 0.29) is 80.7 Å². The fraction of sp³-hybridized carbons (Fsp3) is 0.786. The molecule has 1 aromatic carbocycles. The number of esters is 2. The summed E-state index contributed by atoms with van der Waals surface area (Å²) in [6.45, 7) is 17.3. The number of nitrogens with zero attached hydrogens (tertiary/aromatic N) is 3. The second kappa shape index (κ2) is 27.7. The van der Waals surface area contributed by atoms with Crippen molar-refractivity contribution in [3.05, 3.63) is 39.9 Å². The van der Waals surface area contributed by atoms with Gasteiger partial charge >= 0.3 is 17.9 Å². The van der Waals surface area contributed by atoms with Crippen LogP contribution in [0.5, 0.6) is 0 Å². The number of hydrogen-bond donors (Lipinski definition) is 7. The summed E-state index contributed by atoms with van der Waals surface area (Å²) in [5.74, 6) is -5.52. The van der Waals surface area contributed by atoms with Crippen LogP contribution < -0.4 is 16.1 Å². The summed E-state index contributed by atoms with van der Waals surface area (Å²) in [4.78, 5) is 56.1. The van der Waals surface area contributed by atoms with Crippen LogP contribution in [0.1, 0.15) is 117 Å². The van der Waals surface area contributed by atoms with Crippen LogP contribution in [0, 0.1) is 23.6 Å². The summed E-state index contributed by atoms with van der Waals surface area (Å²) >= 11 is 1.81. The Morgan fingerprint density at radius 2 is 1.62 bits per heavy atom. The van der Waals surface area contributed by atoms with Gasteiger partial charge in [-0.3, -0.25) is 14.4 Å². The molecule has 3 aliphatic heterocycles. The van der Waals surface area contributed by atoms with Crippen molar-refractivity contribution < 1.29 is 82.2 Å². The van der Waals surface area contributed by atoms with E-state index in [1.54, 1.807) is 46.1 Å². The number of carboxylic acids is 1. The van der Waals surface area contributed by atoms with E-state index in [1.807, 2.05) is 67.4 Å². The van der Waals surface area contributed by atoms with Gasteiger partial charge in [0.25, 0.3) is 0 Å². The number of rotatable bonds is 19. The number of aliphatic hydroxyl groups excluding tert-OH is 2. The zero-order valence-corrected chi connectivity index (χ0v) is 50.8. The Labute approximate surface area is 482 Å². The highest BCUT2D eigenvalue weighted by molar-refractivity contribution is 14.1. The minimum absolute atomic E-state index is 0.00479. The maximum absolute atomic E-state index is 15.1. The average Bonchev–Trinajstić information content (AvgIpc) is 4.26. The highest BCUT2D eigenvalue weighted by Crippen LogP contribution is 2.42. The number of aromatic nitrogens is 1. The lowest BCUT2D eigenvalue weighted by Crippen LogP contribution is -2.61. The third kappa shape index (κ3) is 15.7. The van der Waals surface area contributed by atoms with Crippen molar-refractivity contribution in [3.8, 4) is 0 Å². The number of fused-ring (bicyclic) bond motifs is 1. The van der Waals surface area contributed by atoms with E-state index in [1.165, 1.54) is 26.3 Å². The fourth-order valence-electron chi connectivity index (χ4n) is 11.7. The van der Waals surface area contributed by atoms with Gasteiger partial charge in [-0.25, -0.2) is 9.18 Å². The Morgan fingerprint density at radius 1 is 0.950 bits per heavy atom. The molecule has 18 atom stereocenters. The number of pyridine rings is 1. The molecule has 3 saturated heterocycles. The summed E-state index contributed by atoms with van der Waals surface area (Å²) < 4.78 is 65.8. The van der Waals surface area contributed by atoms with Crippen LogP contribution in [0.15, 0.2) is 23.1 Å². The maximum atomic E-state index is 15.1. The first kappa shape index (κ1) is 65.9. The number of aliphatic hydroxyl groups is 4. The predicted molar refractivity (Wildman–Crippen MR) is 302 cm³/mol. The number of nitrogens with one attached hydrogen (secondary N) is 2. The molecule has 4 heterocycles. The van der Waals surface area contributed by atoms with Crippen LogP contribution in [-0.2, 0) is 47.5 Å². The lowest BCUT2D eigenvalue weighted by atomic mass is 9.77. The Morgan fingerprint density at radius 3 is 2.26 bits per heavy atom. The van der Waals surface area contributed by atoms with E-state index >= 15 is 4.39 Å². The molecule has 7 N–H and O–H groups in total. The summed E-state index contributed by atoms with van der Waals surface area (Å²) in [6.07, 6.45) is -5.30. The molecule has 0 bridgehead atoms. The summed E-state index contributed by atoms with van der Waals surface area (Å²) in [5.41, 5.74) is -5.23. The number of carbonyl (C=O) groups is 3. The zero-order chi connectivity index (χ0) is 59.3. The van der Waals surface area contributed by atoms with Crippen molar-refractivity contribution in [1.29, 1.82) is 0 Å². The molecule has 1 aliphatic carbocycles. The number of aromatic carboxylic acids is 1. The molecule has 80 heavy (non-hydrogen) atoms. The van der Waals surface area contributed by atoms with Crippen molar-refractivity contribution in [2.24, 2.45) is 17.8 Å². The van der Waals surface area contributed by atoms with E-state index in [0.29, 0.717) is 25.0 Å². The second-order valence-electron chi connectivity index (χ2n) is 23.8. The third-order valence-electron chi connectivity index (χ3n) is 16.6. The van der Waals surface area contributed by atoms with Crippen LogP contribution in [-0.4, -0.2) is 214 Å². The zero-order valence-electron chi connectivity index (χ0n) is 48.7. The quantitative estimate of drug-likeness (QED) is 0.0453. The first-order valence-corrected chi connectivity index (χ1v) is 29.2. The SMILES string of the molecule is CO[C@]1(C)CC(O[C@H]2[C@H](C)[C@@H](OC3O[C@H](C)C[C@H](N(C)C)[C@H]3O)[C@](C)(O)C[C@@H](C)CN(C)[C@H](C)[C@@H](O)[C@](C)(O)[C@@H](I)OC(=O)[C@@H]2C)O[C@H](C)[C@H]1OC(=O)CCNCCOCCNc1cc2c(cc1F)c(=O)c(C(=O)O)cn2C1CC1. The minimum atomic E-state index is -1.89. The number of halogens is 2. The molecule has 2 aromatic rings. The molecule has 454 valence electrons. The highest BCUT2D eigenvalue weighted by atomic mass is 127. The first-order chi connectivity index (χ1) is 37.4. The Kier molecular flexibility index (Phi) is 22.8. The number of cyclic esters (lactones) is 1. The van der Waals surface area contributed by atoms with Crippen LogP contribution in [0.3, 0.4) is 0 Å². The number of hydrogen-bond acceptors (Lipinski definition) is 20. The normalized spacial score (nSPS) is 37.2. The van der Waals surface area contributed by atoms with Crippen molar-refractivity contribution >= 4 is 57.1 Å². The molecule has 2 unspecified atom stereocenters. The van der Waals surface area contributed by atoms with Crippen molar-refractivity contribution in [3.63, 3.8) is 0 Å². The van der Waals surface area contributed by atoms with Gasteiger partial charge in [-0.2, -0.15) is 0 Å². The Bertz CT molecular complexity index is 2490. The minimum Gasteiger partial charge on any atom is -0.477 e. The van der Waals surface area contributed by atoms with Crippen LogP contribution >= 0.6 is 22.6 Å². The standard InChI is InChI=1S/C56H89FIN5O17/c1-29-25-54(7,71)48(79-52-45(66)41(61(10)11)22-30(2)75-52)31(3)46(32(4)51(70)80-53(58)56(9,72)47(67)33(5)62(12)27-29)78-43-26-55(8,73-13)49(34(6)76-43)77-42(64)16-17-59-18-20-74-21-19-60-39-24-40-36(23-38(39)57)44(65)37(50(68)69)28-63(40)35-14-15-35/h23-24,28-35,41,43,45-49,52-53,59-60,66-67,71-72H,14-22,25-27H2,1-13H3,(H,68,69)/t29-,30-,31+,32-,33-,34-,41+,43?,45-,46+,47-,48-,49-,52?,53+,54-,55-,56+/m1/s1. The van der Waals surface area contributed by atoms with E-state index in [4.69, 9.17) is 37.9 Å². The van der Waals surface area contributed by atoms with Gasteiger partial charge in [0.1, 0.15) is 34.8 Å². The van der Waals surface area contributed by atoms with Crippen molar-refractivity contribution in [1.82, 2.24) is 19.7 Å². The Balaban J connectivity index is 1.09. The number of carboxylic acid groups (broad SMARTS) is 1. The van der Waals surface area contributed by atoms with Gasteiger partial charge in [0.2, 0.25) is 5.43 Å². The largest absolute Gasteiger partial charge is 0.477 e. The number of ether oxygens (including phenoxy) is 8. The Hall–Kier alpha value is -3.22. The maximum Gasteiger partial charge on any atom is 0.341 e. The van der Waals surface area contributed by atoms with Crippen molar-refractivity contribution in [2.75, 3.05) is 73.0 Å². The molecular formula is C56H89FIN5O17. The fourth-order valence-corrected chi connectivity index (χ4v) is 12.3. The molecule has 4 aliphatic rings. The van der Waals surface area contributed by atoms with Gasteiger partial charge in [-0.15, -0.1) is 0 Å². The average molecular weight is 1250 g/mol. The van der Waals surface area contributed by atoms with Gasteiger partial charge in [-0.1, -0.05) is 13.8 Å². The topological polar surface area (TPSA) is 279 Å². The van der Waals surface area contributed by atoms with Crippen LogP contribution in [0.4, 0.5) is 10.1 Å². The lowest BCUT2D eigenvalue weighted by Gasteiger charge is -2.49. The number of benzene rings is 1. The monoisotopic (exact) mass is 1250 g/mol. The van der Waals surface area contributed by atoms with E-state index in [0.717, 1.165) is 18.9 Å². The number of carbonyl (C=O) groups excluding carboxylic acids is 2. The van der Waals surface area contributed by atoms with Gasteiger partial charge in [0.15, 0.2) is 22.8 Å². The smallest absolute Gasteiger partial charge is 0.341 e. The van der Waals surface area contributed by atoms with Gasteiger partial charge in [0, 0.05) is 75.3 Å².